The largest absolute Gasteiger partial charge is 0.273 e. The quantitative estimate of drug-likeness (QED) is 0.611. The third-order valence-electron chi connectivity index (χ3n) is 4.06. The minimum Gasteiger partial charge on any atom is -0.258 e. The van der Waals surface area contributed by atoms with E-state index >= 15 is 0 Å². The first-order chi connectivity index (χ1) is 9.10. The molecule has 0 heterocycles. The second-order valence-electron chi connectivity index (χ2n) is 5.54. The molecule has 0 spiro atoms. The number of nitro groups is 1. The van der Waals surface area contributed by atoms with Gasteiger partial charge in [0.1, 0.15) is 0 Å². The average molecular weight is 258 g/mol. The summed E-state index contributed by atoms with van der Waals surface area (Å²) in [5, 5.41) is 19.9. The average Bonchev–Trinajstić information content (AvgIpc) is 2.41. The van der Waals surface area contributed by atoms with Crippen LogP contribution in [0.15, 0.2) is 18.2 Å². The molecule has 1 aromatic rings. The fourth-order valence-corrected chi connectivity index (χ4v) is 2.82. The number of hydrogen-bond acceptors (Lipinski definition) is 3. The zero-order valence-electron chi connectivity index (χ0n) is 11.1. The summed E-state index contributed by atoms with van der Waals surface area (Å²) in [7, 11) is 0. The second-order valence-corrected chi connectivity index (χ2v) is 5.54. The lowest BCUT2D eigenvalue weighted by Crippen LogP contribution is -2.15. The van der Waals surface area contributed by atoms with Gasteiger partial charge in [-0.15, -0.1) is 0 Å². The summed E-state index contributed by atoms with van der Waals surface area (Å²) in [5.41, 5.74) is 1.22. The van der Waals surface area contributed by atoms with Gasteiger partial charge in [0, 0.05) is 11.6 Å². The van der Waals surface area contributed by atoms with Crippen LogP contribution in [-0.2, 0) is 6.42 Å². The van der Waals surface area contributed by atoms with Crippen LogP contribution in [0, 0.1) is 33.3 Å². The topological polar surface area (TPSA) is 66.9 Å². The summed E-state index contributed by atoms with van der Waals surface area (Å²) in [6.45, 7) is 2.26. The molecular formula is C15H18N2O2. The van der Waals surface area contributed by atoms with E-state index in [4.69, 9.17) is 5.26 Å². The van der Waals surface area contributed by atoms with E-state index in [1.807, 2.05) is 6.07 Å². The van der Waals surface area contributed by atoms with Gasteiger partial charge in [-0.3, -0.25) is 10.1 Å². The molecule has 1 aliphatic rings. The molecule has 0 unspecified atom stereocenters. The summed E-state index contributed by atoms with van der Waals surface area (Å²) in [6, 6.07) is 6.76. The summed E-state index contributed by atoms with van der Waals surface area (Å²) in [4.78, 5) is 10.7. The van der Waals surface area contributed by atoms with E-state index in [2.05, 4.69) is 6.92 Å². The molecule has 1 saturated carbocycles. The van der Waals surface area contributed by atoms with Gasteiger partial charge < -0.3 is 0 Å². The van der Waals surface area contributed by atoms with Crippen LogP contribution in [0.5, 0.6) is 0 Å². The van der Waals surface area contributed by atoms with Gasteiger partial charge >= 0.3 is 0 Å². The van der Waals surface area contributed by atoms with Crippen LogP contribution in [-0.4, -0.2) is 4.92 Å². The molecule has 19 heavy (non-hydrogen) atoms. The summed E-state index contributed by atoms with van der Waals surface area (Å²) >= 11 is 0. The zero-order valence-corrected chi connectivity index (χ0v) is 11.1. The molecule has 0 atom stereocenters. The Morgan fingerprint density at radius 3 is 2.63 bits per heavy atom. The maximum atomic E-state index is 11.1. The third kappa shape index (κ3) is 3.31. The van der Waals surface area contributed by atoms with Gasteiger partial charge in [-0.05, 0) is 37.2 Å². The first-order valence-corrected chi connectivity index (χ1v) is 6.77. The molecule has 1 fully saturated rings. The van der Waals surface area contributed by atoms with Crippen molar-refractivity contribution in [2.45, 2.75) is 39.0 Å². The lowest BCUT2D eigenvalue weighted by Gasteiger charge is -2.26. The Morgan fingerprint density at radius 2 is 2.05 bits per heavy atom. The molecule has 0 bridgehead atoms. The van der Waals surface area contributed by atoms with Gasteiger partial charge in [0.25, 0.3) is 5.69 Å². The Labute approximate surface area is 113 Å². The lowest BCUT2D eigenvalue weighted by molar-refractivity contribution is -0.385. The molecule has 0 aromatic heterocycles. The maximum Gasteiger partial charge on any atom is 0.273 e. The Balaban J connectivity index is 2.16. The highest BCUT2D eigenvalue weighted by atomic mass is 16.6. The van der Waals surface area contributed by atoms with Crippen LogP contribution in [0.3, 0.4) is 0 Å². The molecule has 4 heteroatoms. The van der Waals surface area contributed by atoms with Crippen molar-refractivity contribution in [3.8, 4) is 6.07 Å². The molecule has 0 aliphatic heterocycles. The van der Waals surface area contributed by atoms with Gasteiger partial charge in [-0.25, -0.2) is 0 Å². The van der Waals surface area contributed by atoms with Crippen molar-refractivity contribution in [1.29, 1.82) is 5.26 Å². The molecule has 100 valence electrons. The van der Waals surface area contributed by atoms with Crippen molar-refractivity contribution in [2.24, 2.45) is 11.8 Å². The number of hydrogen-bond donors (Lipinski definition) is 0. The van der Waals surface area contributed by atoms with Gasteiger partial charge in [0.05, 0.1) is 16.6 Å². The predicted octanol–water partition coefficient (Wildman–Crippen LogP) is 3.84. The van der Waals surface area contributed by atoms with Gasteiger partial charge in [0.2, 0.25) is 0 Å². The molecule has 0 radical (unpaired) electrons. The Bertz CT molecular complexity index is 511. The van der Waals surface area contributed by atoms with Gasteiger partial charge in [0.15, 0.2) is 0 Å². The van der Waals surface area contributed by atoms with Crippen LogP contribution in [0.1, 0.15) is 43.7 Å². The molecule has 0 amide bonds. The van der Waals surface area contributed by atoms with E-state index in [1.165, 1.54) is 18.9 Å². The van der Waals surface area contributed by atoms with Crippen LogP contribution >= 0.6 is 0 Å². The summed E-state index contributed by atoms with van der Waals surface area (Å²) in [6.07, 6.45) is 5.49. The van der Waals surface area contributed by atoms with Crippen LogP contribution in [0.4, 0.5) is 5.69 Å². The SMILES string of the molecule is CC1CCC(Cc2ccc(C#N)cc2[N+](=O)[O-])CC1. The summed E-state index contributed by atoms with van der Waals surface area (Å²) < 4.78 is 0. The van der Waals surface area contributed by atoms with Crippen molar-refractivity contribution >= 4 is 5.69 Å². The minimum atomic E-state index is -0.373. The molecular weight excluding hydrogens is 240 g/mol. The highest BCUT2D eigenvalue weighted by molar-refractivity contribution is 5.47. The zero-order chi connectivity index (χ0) is 13.8. The van der Waals surface area contributed by atoms with Gasteiger partial charge in [-0.1, -0.05) is 25.8 Å². The van der Waals surface area contributed by atoms with E-state index < -0.39 is 0 Å². The van der Waals surface area contributed by atoms with E-state index in [9.17, 15) is 10.1 Å². The van der Waals surface area contributed by atoms with Crippen molar-refractivity contribution < 1.29 is 4.92 Å². The number of rotatable bonds is 3. The van der Waals surface area contributed by atoms with E-state index in [0.717, 1.165) is 30.7 Å². The highest BCUT2D eigenvalue weighted by Gasteiger charge is 2.22. The van der Waals surface area contributed by atoms with Crippen molar-refractivity contribution in [1.82, 2.24) is 0 Å². The van der Waals surface area contributed by atoms with E-state index in [-0.39, 0.29) is 10.6 Å². The molecule has 1 aromatic carbocycles. The monoisotopic (exact) mass is 258 g/mol. The highest BCUT2D eigenvalue weighted by Crippen LogP contribution is 2.33. The summed E-state index contributed by atoms with van der Waals surface area (Å²) in [5.74, 6) is 1.33. The first-order valence-electron chi connectivity index (χ1n) is 6.77. The Kier molecular flexibility index (Phi) is 4.16. The first kappa shape index (κ1) is 13.5. The Morgan fingerprint density at radius 1 is 1.37 bits per heavy atom. The van der Waals surface area contributed by atoms with Crippen molar-refractivity contribution in [3.05, 3.63) is 39.4 Å². The number of nitrogens with zero attached hydrogens (tertiary/aromatic N) is 2. The standard InChI is InChI=1S/C15H18N2O2/c1-11-2-4-12(5-3-11)8-14-7-6-13(10-16)9-15(14)17(18)19/h6-7,9,11-12H,2-5,8H2,1H3. The van der Waals surface area contributed by atoms with Gasteiger partial charge in [-0.2, -0.15) is 5.26 Å². The Hall–Kier alpha value is -1.89. The number of nitro benzene ring substituents is 1. The molecule has 2 rings (SSSR count). The van der Waals surface area contributed by atoms with Crippen LogP contribution in [0.2, 0.25) is 0 Å². The van der Waals surface area contributed by atoms with E-state index in [0.29, 0.717) is 11.5 Å². The second kappa shape index (κ2) is 5.83. The molecule has 0 saturated heterocycles. The van der Waals surface area contributed by atoms with Crippen LogP contribution in [0.25, 0.3) is 0 Å². The van der Waals surface area contributed by atoms with Crippen molar-refractivity contribution in [3.63, 3.8) is 0 Å². The molecule has 0 N–H and O–H groups in total. The fourth-order valence-electron chi connectivity index (χ4n) is 2.82. The number of nitriles is 1. The normalized spacial score (nSPS) is 22.7. The molecule has 1 aliphatic carbocycles. The smallest absolute Gasteiger partial charge is 0.258 e. The van der Waals surface area contributed by atoms with Crippen molar-refractivity contribution in [2.75, 3.05) is 0 Å². The minimum absolute atomic E-state index is 0.0951. The lowest BCUT2D eigenvalue weighted by atomic mass is 9.80. The third-order valence-corrected chi connectivity index (χ3v) is 4.06. The molecule has 4 nitrogen and oxygen atoms in total. The van der Waals surface area contributed by atoms with E-state index in [1.54, 1.807) is 12.1 Å². The predicted molar refractivity (Wildman–Crippen MR) is 72.6 cm³/mol. The maximum absolute atomic E-state index is 11.1. The van der Waals surface area contributed by atoms with Crippen LogP contribution < -0.4 is 0 Å². The fraction of sp³-hybridized carbons (Fsp3) is 0.533. The number of benzene rings is 1.